The Labute approximate surface area is 375 Å². The lowest BCUT2D eigenvalue weighted by atomic mass is 10.1. The van der Waals surface area contributed by atoms with Gasteiger partial charge in [-0.1, -0.05) is 163 Å². The summed E-state index contributed by atoms with van der Waals surface area (Å²) in [4.78, 5) is 46.1. The predicted molar refractivity (Wildman–Crippen MR) is 254 cm³/mol. The highest BCUT2D eigenvalue weighted by atomic mass is 31.2. The van der Waals surface area contributed by atoms with Crippen LogP contribution in [0.3, 0.4) is 0 Å². The number of nitrogens with two attached hydrogens (primary N) is 1. The van der Waals surface area contributed by atoms with E-state index in [1.807, 2.05) is 0 Å². The standard InChI is InChI=1S/C50H84NO10P/c1-3-5-7-9-11-13-15-17-19-21-23-25-27-29-31-33-35-37-39-41-48(52)58-43-46(44-59-62(56,57)60-45-47(51)50(54)55)61-49(53)42-40-38-36-34-32-30-28-26-24-22-20-18-16-14-12-10-8-6-4-2/h5,7,11-14,17-20,23,25,29,31,46-47H,3-4,6,8-10,15-16,21-22,24,26-28,30,32-45,51H2,1-2H3,(H,54,55)(H,56,57)/b7-5-,13-11-,14-12-,19-17-,20-18-,25-23-,31-29-/t46-,47+/m1/s1. The number of unbranched alkanes of at least 4 members (excludes halogenated alkanes) is 15. The fourth-order valence-electron chi connectivity index (χ4n) is 5.94. The molecular weight excluding hydrogens is 806 g/mol. The quantitative estimate of drug-likeness (QED) is 0.0230. The largest absolute Gasteiger partial charge is 0.480 e. The normalized spacial score (nSPS) is 14.4. The third-order valence-electron chi connectivity index (χ3n) is 9.63. The van der Waals surface area contributed by atoms with Crippen LogP contribution in [0.2, 0.25) is 0 Å². The molecule has 0 aromatic heterocycles. The van der Waals surface area contributed by atoms with Crippen molar-refractivity contribution in [1.29, 1.82) is 0 Å². The number of carbonyl (C=O) groups is 3. The van der Waals surface area contributed by atoms with Gasteiger partial charge in [-0.2, -0.15) is 0 Å². The van der Waals surface area contributed by atoms with Crippen molar-refractivity contribution in [1.82, 2.24) is 0 Å². The molecule has 0 saturated heterocycles. The summed E-state index contributed by atoms with van der Waals surface area (Å²) in [6, 6.07) is -1.53. The third-order valence-corrected chi connectivity index (χ3v) is 10.6. The van der Waals surface area contributed by atoms with Gasteiger partial charge in [0, 0.05) is 12.8 Å². The van der Waals surface area contributed by atoms with Gasteiger partial charge >= 0.3 is 25.7 Å². The molecule has 0 saturated carbocycles. The highest BCUT2D eigenvalue weighted by Crippen LogP contribution is 2.43. The zero-order valence-electron chi connectivity index (χ0n) is 38.4. The Kier molecular flexibility index (Phi) is 41.9. The lowest BCUT2D eigenvalue weighted by Crippen LogP contribution is -2.34. The van der Waals surface area contributed by atoms with Gasteiger partial charge in [0.25, 0.3) is 0 Å². The van der Waals surface area contributed by atoms with Gasteiger partial charge in [-0.3, -0.25) is 23.4 Å². The van der Waals surface area contributed by atoms with Crippen molar-refractivity contribution in [3.63, 3.8) is 0 Å². The maximum absolute atomic E-state index is 12.7. The Morgan fingerprint density at radius 1 is 0.516 bits per heavy atom. The van der Waals surface area contributed by atoms with Crippen molar-refractivity contribution in [2.24, 2.45) is 5.73 Å². The minimum Gasteiger partial charge on any atom is -0.480 e. The number of phosphoric ester groups is 1. The molecule has 4 N–H and O–H groups in total. The summed E-state index contributed by atoms with van der Waals surface area (Å²) in [7, 11) is -4.73. The summed E-state index contributed by atoms with van der Waals surface area (Å²) in [6.07, 6.45) is 55.0. The molecule has 0 aliphatic heterocycles. The predicted octanol–water partition coefficient (Wildman–Crippen LogP) is 13.1. The van der Waals surface area contributed by atoms with Gasteiger partial charge in [-0.25, -0.2) is 4.57 Å². The van der Waals surface area contributed by atoms with Crippen LogP contribution in [0.4, 0.5) is 0 Å². The summed E-state index contributed by atoms with van der Waals surface area (Å²) in [5, 5.41) is 8.91. The fourth-order valence-corrected chi connectivity index (χ4v) is 6.72. The number of hydrogen-bond donors (Lipinski definition) is 3. The van der Waals surface area contributed by atoms with E-state index in [9.17, 15) is 23.8 Å². The lowest BCUT2D eigenvalue weighted by Gasteiger charge is -2.20. The van der Waals surface area contributed by atoms with E-state index < -0.39 is 51.1 Å². The first-order valence-electron chi connectivity index (χ1n) is 23.6. The van der Waals surface area contributed by atoms with Gasteiger partial charge < -0.3 is 25.2 Å². The summed E-state index contributed by atoms with van der Waals surface area (Å²) >= 11 is 0. The Morgan fingerprint density at radius 2 is 0.903 bits per heavy atom. The molecule has 0 heterocycles. The first kappa shape index (κ1) is 58.7. The first-order valence-corrected chi connectivity index (χ1v) is 25.1. The van der Waals surface area contributed by atoms with E-state index >= 15 is 0 Å². The van der Waals surface area contributed by atoms with Crippen molar-refractivity contribution >= 4 is 25.7 Å². The van der Waals surface area contributed by atoms with Crippen LogP contribution in [0, 0.1) is 0 Å². The molecular formula is C50H84NO10P. The minimum absolute atomic E-state index is 0.144. The smallest absolute Gasteiger partial charge is 0.472 e. The zero-order valence-corrected chi connectivity index (χ0v) is 39.3. The van der Waals surface area contributed by atoms with Crippen molar-refractivity contribution in [3.05, 3.63) is 85.1 Å². The van der Waals surface area contributed by atoms with Gasteiger partial charge in [0.1, 0.15) is 12.6 Å². The second-order valence-electron chi connectivity index (χ2n) is 15.5. The van der Waals surface area contributed by atoms with E-state index in [2.05, 4.69) is 103 Å². The number of carboxylic acid groups (broad SMARTS) is 1. The van der Waals surface area contributed by atoms with Crippen molar-refractivity contribution < 1.29 is 47.5 Å². The van der Waals surface area contributed by atoms with Crippen LogP contribution in [0.25, 0.3) is 0 Å². The lowest BCUT2D eigenvalue weighted by molar-refractivity contribution is -0.161. The van der Waals surface area contributed by atoms with Crippen LogP contribution in [-0.2, 0) is 37.5 Å². The number of allylic oxidation sites excluding steroid dienone is 14. The Hall–Kier alpha value is -3.34. The van der Waals surface area contributed by atoms with Crippen molar-refractivity contribution in [3.8, 4) is 0 Å². The molecule has 0 fully saturated rings. The minimum atomic E-state index is -4.73. The molecule has 12 heteroatoms. The number of carbonyl (C=O) groups excluding carboxylic acids is 2. The van der Waals surface area contributed by atoms with Gasteiger partial charge in [0.2, 0.25) is 0 Å². The molecule has 3 atom stereocenters. The van der Waals surface area contributed by atoms with Crippen LogP contribution in [0.15, 0.2) is 85.1 Å². The van der Waals surface area contributed by atoms with E-state index in [0.29, 0.717) is 12.8 Å². The number of carboxylic acids is 1. The second-order valence-corrected chi connectivity index (χ2v) is 17.0. The Morgan fingerprint density at radius 3 is 1.37 bits per heavy atom. The fraction of sp³-hybridized carbons (Fsp3) is 0.660. The molecule has 0 aliphatic rings. The van der Waals surface area contributed by atoms with Crippen LogP contribution in [0.5, 0.6) is 0 Å². The summed E-state index contributed by atoms with van der Waals surface area (Å²) in [5.41, 5.74) is 5.34. The highest BCUT2D eigenvalue weighted by Gasteiger charge is 2.28. The molecule has 62 heavy (non-hydrogen) atoms. The number of rotatable bonds is 43. The molecule has 1 unspecified atom stereocenters. The Bertz CT molecular complexity index is 1370. The first-order chi connectivity index (χ1) is 30.1. The third kappa shape index (κ3) is 43.3. The zero-order chi connectivity index (χ0) is 45.6. The Balaban J connectivity index is 4.39. The molecule has 0 aromatic carbocycles. The maximum atomic E-state index is 12.7. The van der Waals surface area contributed by atoms with Crippen molar-refractivity contribution in [2.75, 3.05) is 19.8 Å². The van der Waals surface area contributed by atoms with Gasteiger partial charge in [0.05, 0.1) is 13.2 Å². The van der Waals surface area contributed by atoms with E-state index in [-0.39, 0.29) is 19.4 Å². The molecule has 0 aromatic rings. The van der Waals surface area contributed by atoms with Gasteiger partial charge in [-0.05, 0) is 89.9 Å². The molecule has 354 valence electrons. The monoisotopic (exact) mass is 890 g/mol. The molecule has 0 aliphatic carbocycles. The molecule has 0 amide bonds. The number of esters is 2. The SMILES string of the molecule is CC/C=C\C/C=C\C/C=C\C/C=C\C/C=C\CCCCCC(=O)OC[C@H](COP(=O)(O)OC[C@H](N)C(=O)O)OC(=O)CCCCCCCCCCC/C=C\C/C=C\CCCCC. The average molecular weight is 890 g/mol. The molecule has 0 radical (unpaired) electrons. The van der Waals surface area contributed by atoms with Crippen LogP contribution in [0.1, 0.15) is 181 Å². The topological polar surface area (TPSA) is 172 Å². The van der Waals surface area contributed by atoms with Gasteiger partial charge in [-0.15, -0.1) is 0 Å². The van der Waals surface area contributed by atoms with E-state index in [0.717, 1.165) is 83.5 Å². The van der Waals surface area contributed by atoms with Crippen LogP contribution < -0.4 is 5.73 Å². The number of ether oxygens (including phenoxy) is 2. The summed E-state index contributed by atoms with van der Waals surface area (Å²) in [5.74, 6) is -2.43. The summed E-state index contributed by atoms with van der Waals surface area (Å²) in [6.45, 7) is 2.63. The highest BCUT2D eigenvalue weighted by molar-refractivity contribution is 7.47. The van der Waals surface area contributed by atoms with Crippen LogP contribution >= 0.6 is 7.82 Å². The molecule has 0 bridgehead atoms. The molecule has 0 rings (SSSR count). The molecule has 0 spiro atoms. The maximum Gasteiger partial charge on any atom is 0.472 e. The molecule has 11 nitrogen and oxygen atoms in total. The van der Waals surface area contributed by atoms with Crippen LogP contribution in [-0.4, -0.2) is 59.9 Å². The average Bonchev–Trinajstić information content (AvgIpc) is 3.25. The van der Waals surface area contributed by atoms with E-state index in [1.54, 1.807) is 0 Å². The van der Waals surface area contributed by atoms with E-state index in [1.165, 1.54) is 57.8 Å². The number of phosphoric acid groups is 1. The van der Waals surface area contributed by atoms with Gasteiger partial charge in [0.15, 0.2) is 6.10 Å². The second kappa shape index (κ2) is 44.3. The van der Waals surface area contributed by atoms with E-state index in [4.69, 9.17) is 24.8 Å². The summed E-state index contributed by atoms with van der Waals surface area (Å²) < 4.78 is 32.7. The number of hydrogen-bond acceptors (Lipinski definition) is 9. The number of aliphatic carboxylic acids is 1. The van der Waals surface area contributed by atoms with Crippen molar-refractivity contribution in [2.45, 2.75) is 193 Å².